The molecule has 0 aliphatic carbocycles. The van der Waals surface area contributed by atoms with Gasteiger partial charge in [-0.3, -0.25) is 10.1 Å². The lowest BCUT2D eigenvalue weighted by Gasteiger charge is -1.92. The molecule has 0 radical (unpaired) electrons. The van der Waals surface area contributed by atoms with Crippen LogP contribution in [0.1, 0.15) is 0 Å². The molecule has 0 saturated heterocycles. The fourth-order valence-electron chi connectivity index (χ4n) is 1.11. The molecular formula is C12H12N2O4. The average Bonchev–Trinajstić information content (AvgIpc) is 2.34. The van der Waals surface area contributed by atoms with E-state index in [9.17, 15) is 10.1 Å². The predicted octanol–water partition coefficient (Wildman–Crippen LogP) is 2.27. The molecule has 6 heteroatoms. The van der Waals surface area contributed by atoms with Crippen molar-refractivity contribution in [3.8, 4) is 11.5 Å². The van der Waals surface area contributed by atoms with Crippen LogP contribution in [0.25, 0.3) is 0 Å². The third-order valence-corrected chi connectivity index (χ3v) is 2.02. The monoisotopic (exact) mass is 248 g/mol. The van der Waals surface area contributed by atoms with Gasteiger partial charge in [0.2, 0.25) is 0 Å². The third kappa shape index (κ3) is 3.67. The van der Waals surface area contributed by atoms with Gasteiger partial charge in [0, 0.05) is 6.07 Å². The summed E-state index contributed by atoms with van der Waals surface area (Å²) in [5.74, 6) is -0.153. The zero-order valence-electron chi connectivity index (χ0n) is 9.35. The van der Waals surface area contributed by atoms with Crippen LogP contribution in [0.4, 0.5) is 11.4 Å². The van der Waals surface area contributed by atoms with Crippen LogP contribution in [-0.2, 0) is 0 Å². The van der Waals surface area contributed by atoms with E-state index in [4.69, 9.17) is 15.9 Å². The van der Waals surface area contributed by atoms with E-state index in [1.54, 1.807) is 24.3 Å². The number of aromatic hydroxyl groups is 2. The lowest BCUT2D eigenvalue weighted by Crippen LogP contribution is -1.86. The van der Waals surface area contributed by atoms with Crippen molar-refractivity contribution >= 4 is 11.4 Å². The Kier molecular flexibility index (Phi) is 4.50. The number of para-hydroxylation sites is 4. The first-order valence-corrected chi connectivity index (χ1v) is 4.98. The molecule has 0 fully saturated rings. The lowest BCUT2D eigenvalue weighted by molar-refractivity contribution is -0.385. The zero-order chi connectivity index (χ0) is 13.5. The summed E-state index contributed by atoms with van der Waals surface area (Å²) in [7, 11) is 0. The SMILES string of the molecule is Nc1ccccc1O.O=[N+]([O-])c1ccccc1O. The number of anilines is 1. The second kappa shape index (κ2) is 6.09. The smallest absolute Gasteiger partial charge is 0.310 e. The summed E-state index contributed by atoms with van der Waals surface area (Å²) in [5, 5.41) is 27.7. The van der Waals surface area contributed by atoms with E-state index < -0.39 is 4.92 Å². The van der Waals surface area contributed by atoms with Crippen molar-refractivity contribution < 1.29 is 15.1 Å². The second-order valence-electron chi connectivity index (χ2n) is 3.30. The number of hydrogen-bond donors (Lipinski definition) is 3. The maximum Gasteiger partial charge on any atom is 0.310 e. The highest BCUT2D eigenvalue weighted by Gasteiger charge is 2.09. The number of nitrogens with two attached hydrogens (primary N) is 1. The van der Waals surface area contributed by atoms with Crippen molar-refractivity contribution in [2.24, 2.45) is 0 Å². The van der Waals surface area contributed by atoms with Crippen molar-refractivity contribution in [3.05, 3.63) is 58.6 Å². The Morgan fingerprint density at radius 3 is 1.78 bits per heavy atom. The summed E-state index contributed by atoms with van der Waals surface area (Å²) in [6.07, 6.45) is 0. The molecule has 0 saturated carbocycles. The summed E-state index contributed by atoms with van der Waals surface area (Å²) in [6, 6.07) is 12.2. The molecule has 0 heterocycles. The maximum absolute atomic E-state index is 10.1. The van der Waals surface area contributed by atoms with Gasteiger partial charge in [-0.15, -0.1) is 0 Å². The van der Waals surface area contributed by atoms with E-state index in [1.165, 1.54) is 24.3 Å². The van der Waals surface area contributed by atoms with Gasteiger partial charge in [0.1, 0.15) is 5.75 Å². The Morgan fingerprint density at radius 2 is 1.44 bits per heavy atom. The Hall–Kier alpha value is -2.76. The molecule has 2 aromatic carbocycles. The summed E-state index contributed by atoms with van der Waals surface area (Å²) in [5.41, 5.74) is 5.43. The number of phenolic OH excluding ortho intramolecular Hbond substituents is 2. The van der Waals surface area contributed by atoms with Gasteiger partial charge in [-0.05, 0) is 18.2 Å². The highest BCUT2D eigenvalue weighted by molar-refractivity contribution is 5.50. The fourth-order valence-corrected chi connectivity index (χ4v) is 1.11. The summed E-state index contributed by atoms with van der Waals surface area (Å²) in [6.45, 7) is 0. The van der Waals surface area contributed by atoms with Gasteiger partial charge in [0.05, 0.1) is 10.6 Å². The molecule has 6 nitrogen and oxygen atoms in total. The van der Waals surface area contributed by atoms with Crippen molar-refractivity contribution in [1.29, 1.82) is 0 Å². The lowest BCUT2D eigenvalue weighted by atomic mass is 10.3. The Labute approximate surface area is 103 Å². The molecule has 2 aromatic rings. The summed E-state index contributed by atoms with van der Waals surface area (Å²) in [4.78, 5) is 9.44. The van der Waals surface area contributed by atoms with Crippen LogP contribution >= 0.6 is 0 Å². The minimum absolute atomic E-state index is 0.146. The van der Waals surface area contributed by atoms with E-state index in [1.807, 2.05) is 0 Å². The molecule has 4 N–H and O–H groups in total. The number of nitrogens with zero attached hydrogens (tertiary/aromatic N) is 1. The van der Waals surface area contributed by atoms with Gasteiger partial charge in [0.25, 0.3) is 0 Å². The Morgan fingerprint density at radius 1 is 0.944 bits per heavy atom. The third-order valence-electron chi connectivity index (χ3n) is 2.02. The van der Waals surface area contributed by atoms with Crippen LogP contribution in [0.5, 0.6) is 11.5 Å². The first-order valence-electron chi connectivity index (χ1n) is 4.98. The van der Waals surface area contributed by atoms with Gasteiger partial charge >= 0.3 is 5.69 Å². The van der Waals surface area contributed by atoms with Crippen LogP contribution in [0.15, 0.2) is 48.5 Å². The number of rotatable bonds is 1. The molecule has 0 aromatic heterocycles. The fraction of sp³-hybridized carbons (Fsp3) is 0. The van der Waals surface area contributed by atoms with Crippen LogP contribution < -0.4 is 5.73 Å². The Bertz CT molecular complexity index is 522. The average molecular weight is 248 g/mol. The number of benzene rings is 2. The molecule has 0 unspecified atom stereocenters. The van der Waals surface area contributed by atoms with Crippen molar-refractivity contribution in [3.63, 3.8) is 0 Å². The molecule has 0 aliphatic heterocycles. The molecule has 2 rings (SSSR count). The molecule has 0 aliphatic rings. The molecule has 0 bridgehead atoms. The van der Waals surface area contributed by atoms with Crippen LogP contribution in [0.2, 0.25) is 0 Å². The summed E-state index contributed by atoms with van der Waals surface area (Å²) >= 11 is 0. The van der Waals surface area contributed by atoms with E-state index in [-0.39, 0.29) is 17.2 Å². The number of nitrogen functional groups attached to an aromatic ring is 1. The zero-order valence-corrected chi connectivity index (χ0v) is 9.35. The molecule has 0 amide bonds. The maximum atomic E-state index is 10.1. The van der Waals surface area contributed by atoms with Crippen LogP contribution in [0.3, 0.4) is 0 Å². The van der Waals surface area contributed by atoms with Crippen LogP contribution in [-0.4, -0.2) is 15.1 Å². The highest BCUT2D eigenvalue weighted by atomic mass is 16.6. The van der Waals surface area contributed by atoms with Gasteiger partial charge in [-0.1, -0.05) is 24.3 Å². The molecule has 0 atom stereocenters. The quantitative estimate of drug-likeness (QED) is 0.310. The van der Waals surface area contributed by atoms with E-state index in [0.29, 0.717) is 5.69 Å². The molecule has 94 valence electrons. The van der Waals surface area contributed by atoms with Crippen molar-refractivity contribution in [2.45, 2.75) is 0 Å². The first-order chi connectivity index (χ1) is 8.52. The van der Waals surface area contributed by atoms with Gasteiger partial charge < -0.3 is 15.9 Å². The molecule has 18 heavy (non-hydrogen) atoms. The first kappa shape index (κ1) is 13.3. The standard InChI is InChI=1S/C6H5NO3.C6H7NO/c8-6-4-2-1-3-5(6)7(9)10;7-5-3-1-2-4-6(5)8/h1-4,8H;1-4,8H,7H2. The predicted molar refractivity (Wildman–Crippen MR) is 67.3 cm³/mol. The number of nitro groups is 1. The van der Waals surface area contributed by atoms with Gasteiger partial charge in [-0.25, -0.2) is 0 Å². The minimum atomic E-state index is -0.630. The van der Waals surface area contributed by atoms with Crippen molar-refractivity contribution in [2.75, 3.05) is 5.73 Å². The minimum Gasteiger partial charge on any atom is -0.506 e. The van der Waals surface area contributed by atoms with E-state index >= 15 is 0 Å². The van der Waals surface area contributed by atoms with Crippen molar-refractivity contribution in [1.82, 2.24) is 0 Å². The van der Waals surface area contributed by atoms with Gasteiger partial charge in [0.15, 0.2) is 5.75 Å². The normalized spacial score (nSPS) is 9.11. The van der Waals surface area contributed by atoms with Crippen LogP contribution in [0, 0.1) is 10.1 Å². The molecular weight excluding hydrogens is 236 g/mol. The highest BCUT2D eigenvalue weighted by Crippen LogP contribution is 2.23. The largest absolute Gasteiger partial charge is 0.506 e. The van der Waals surface area contributed by atoms with E-state index in [2.05, 4.69) is 0 Å². The van der Waals surface area contributed by atoms with E-state index in [0.717, 1.165) is 0 Å². The number of phenols is 2. The second-order valence-corrected chi connectivity index (χ2v) is 3.30. The summed E-state index contributed by atoms with van der Waals surface area (Å²) < 4.78 is 0. The molecule has 0 spiro atoms. The van der Waals surface area contributed by atoms with Gasteiger partial charge in [-0.2, -0.15) is 0 Å². The number of hydrogen-bond acceptors (Lipinski definition) is 5. The Balaban J connectivity index is 0.000000184. The number of nitro benzene ring substituents is 1. The topological polar surface area (TPSA) is 110 Å².